The lowest BCUT2D eigenvalue weighted by Crippen LogP contribution is -2.35. The minimum atomic E-state index is -0.0643. The monoisotopic (exact) mass is 348 g/mol. The predicted molar refractivity (Wildman–Crippen MR) is 85.0 cm³/mol. The van der Waals surface area contributed by atoms with E-state index in [-0.39, 0.29) is 12.1 Å². The van der Waals surface area contributed by atoms with E-state index in [2.05, 4.69) is 36.9 Å². The number of likely N-dealkylation sites (tertiary alicyclic amines) is 1. The van der Waals surface area contributed by atoms with Gasteiger partial charge in [-0.15, -0.1) is 0 Å². The lowest BCUT2D eigenvalue weighted by molar-refractivity contribution is 0.205. The topological polar surface area (TPSA) is 50.2 Å². The van der Waals surface area contributed by atoms with Crippen molar-refractivity contribution >= 4 is 27.6 Å². The molecular formula is C15H17BrN4O. The Kier molecular flexibility index (Phi) is 3.96. The molecule has 2 amide bonds. The third kappa shape index (κ3) is 2.81. The molecule has 2 aromatic rings. The second kappa shape index (κ2) is 5.89. The van der Waals surface area contributed by atoms with Crippen molar-refractivity contribution in [1.82, 2.24) is 14.5 Å². The second-order valence-electron chi connectivity index (χ2n) is 5.18. The van der Waals surface area contributed by atoms with Crippen LogP contribution in [-0.2, 0) is 7.05 Å². The van der Waals surface area contributed by atoms with E-state index in [1.807, 2.05) is 24.2 Å². The number of rotatable bonds is 2. The van der Waals surface area contributed by atoms with Gasteiger partial charge in [-0.25, -0.2) is 4.79 Å². The zero-order valence-electron chi connectivity index (χ0n) is 11.8. The molecule has 0 saturated carbocycles. The van der Waals surface area contributed by atoms with Crippen molar-refractivity contribution in [2.24, 2.45) is 7.05 Å². The van der Waals surface area contributed by atoms with Crippen LogP contribution in [0.25, 0.3) is 0 Å². The number of amides is 2. The molecule has 1 aliphatic heterocycles. The average Bonchev–Trinajstić information content (AvgIpc) is 3.09. The van der Waals surface area contributed by atoms with Gasteiger partial charge in [0.1, 0.15) is 0 Å². The number of aryl methyl sites for hydroxylation is 1. The molecule has 1 unspecified atom stereocenters. The first-order valence-corrected chi connectivity index (χ1v) is 7.74. The smallest absolute Gasteiger partial charge is 0.322 e. The van der Waals surface area contributed by atoms with Crippen molar-refractivity contribution in [3.8, 4) is 0 Å². The Morgan fingerprint density at radius 2 is 2.33 bits per heavy atom. The summed E-state index contributed by atoms with van der Waals surface area (Å²) < 4.78 is 2.87. The maximum Gasteiger partial charge on any atom is 0.322 e. The average molecular weight is 349 g/mol. The van der Waals surface area contributed by atoms with Crippen molar-refractivity contribution in [3.05, 3.63) is 47.0 Å². The number of carbonyl (C=O) groups is 1. The van der Waals surface area contributed by atoms with Gasteiger partial charge in [-0.2, -0.15) is 0 Å². The molecular weight excluding hydrogens is 332 g/mol. The highest BCUT2D eigenvalue weighted by Gasteiger charge is 2.31. The van der Waals surface area contributed by atoms with Crippen molar-refractivity contribution in [1.29, 1.82) is 0 Å². The number of urea groups is 1. The first kappa shape index (κ1) is 14.1. The van der Waals surface area contributed by atoms with Gasteiger partial charge >= 0.3 is 6.03 Å². The van der Waals surface area contributed by atoms with Crippen molar-refractivity contribution in [3.63, 3.8) is 0 Å². The van der Waals surface area contributed by atoms with Gasteiger partial charge in [0.2, 0.25) is 0 Å². The van der Waals surface area contributed by atoms with Crippen LogP contribution < -0.4 is 5.32 Å². The zero-order valence-corrected chi connectivity index (χ0v) is 13.4. The first-order valence-electron chi connectivity index (χ1n) is 6.95. The highest BCUT2D eigenvalue weighted by atomic mass is 79.9. The van der Waals surface area contributed by atoms with Crippen LogP contribution in [0.3, 0.4) is 0 Å². The van der Waals surface area contributed by atoms with E-state index in [1.54, 1.807) is 18.5 Å². The van der Waals surface area contributed by atoms with E-state index >= 15 is 0 Å². The Balaban J connectivity index is 1.78. The summed E-state index contributed by atoms with van der Waals surface area (Å²) in [4.78, 5) is 18.5. The molecule has 1 saturated heterocycles. The molecule has 1 atom stereocenters. The summed E-state index contributed by atoms with van der Waals surface area (Å²) in [6.07, 6.45) is 7.39. The fourth-order valence-electron chi connectivity index (χ4n) is 2.80. The molecule has 3 rings (SSSR count). The molecule has 21 heavy (non-hydrogen) atoms. The molecule has 6 heteroatoms. The van der Waals surface area contributed by atoms with Gasteiger partial charge in [0.05, 0.1) is 16.2 Å². The van der Waals surface area contributed by atoms with Gasteiger partial charge in [0.15, 0.2) is 0 Å². The number of aromatic nitrogens is 2. The van der Waals surface area contributed by atoms with Crippen LogP contribution in [0, 0.1) is 0 Å². The van der Waals surface area contributed by atoms with Gasteiger partial charge < -0.3 is 14.8 Å². The summed E-state index contributed by atoms with van der Waals surface area (Å²) in [5.41, 5.74) is 1.92. The quantitative estimate of drug-likeness (QED) is 0.901. The number of nitrogens with one attached hydrogen (secondary N) is 1. The van der Waals surface area contributed by atoms with Crippen LogP contribution in [0.2, 0.25) is 0 Å². The summed E-state index contributed by atoms with van der Waals surface area (Å²) >= 11 is 3.40. The van der Waals surface area contributed by atoms with Crippen LogP contribution >= 0.6 is 15.9 Å². The predicted octanol–water partition coefficient (Wildman–Crippen LogP) is 3.55. The maximum absolute atomic E-state index is 12.5. The largest absolute Gasteiger partial charge is 0.353 e. The molecule has 2 aromatic heterocycles. The van der Waals surface area contributed by atoms with Crippen LogP contribution in [0.1, 0.15) is 24.6 Å². The first-order chi connectivity index (χ1) is 10.2. The molecule has 0 spiro atoms. The van der Waals surface area contributed by atoms with E-state index in [1.165, 1.54) is 5.69 Å². The normalized spacial score (nSPS) is 18.0. The molecule has 5 nitrogen and oxygen atoms in total. The number of carbonyl (C=O) groups excluding carboxylic acids is 1. The van der Waals surface area contributed by atoms with E-state index in [0.717, 1.165) is 29.5 Å². The number of nitrogens with zero attached hydrogens (tertiary/aromatic N) is 3. The van der Waals surface area contributed by atoms with Crippen molar-refractivity contribution in [2.75, 3.05) is 11.9 Å². The number of anilines is 1. The van der Waals surface area contributed by atoms with E-state index in [4.69, 9.17) is 0 Å². The second-order valence-corrected chi connectivity index (χ2v) is 6.04. The van der Waals surface area contributed by atoms with Crippen LogP contribution in [0.4, 0.5) is 10.5 Å². The van der Waals surface area contributed by atoms with Crippen LogP contribution in [-0.4, -0.2) is 27.0 Å². The molecule has 0 aliphatic carbocycles. The molecule has 3 heterocycles. The summed E-state index contributed by atoms with van der Waals surface area (Å²) in [6, 6.07) is 5.97. The Bertz CT molecular complexity index is 655. The summed E-state index contributed by atoms with van der Waals surface area (Å²) in [6.45, 7) is 0.782. The van der Waals surface area contributed by atoms with Crippen molar-refractivity contribution in [2.45, 2.75) is 18.9 Å². The lowest BCUT2D eigenvalue weighted by Gasteiger charge is -2.25. The Morgan fingerprint density at radius 1 is 1.48 bits per heavy atom. The maximum atomic E-state index is 12.5. The van der Waals surface area contributed by atoms with Crippen LogP contribution in [0.15, 0.2) is 41.3 Å². The summed E-state index contributed by atoms with van der Waals surface area (Å²) in [7, 11) is 2.02. The standard InChI is InChI=1S/C15H17BrN4O/c1-19-8-2-4-13(19)14-5-3-9-20(14)15(21)18-12-6-7-17-10-11(12)16/h2,4,6-8,10,14H,3,5,9H2,1H3,(H,17,18,21). The highest BCUT2D eigenvalue weighted by Crippen LogP contribution is 2.32. The van der Waals surface area contributed by atoms with E-state index in [9.17, 15) is 4.79 Å². The van der Waals surface area contributed by atoms with Gasteiger partial charge in [-0.1, -0.05) is 0 Å². The Morgan fingerprint density at radius 3 is 3.05 bits per heavy atom. The molecule has 1 fully saturated rings. The van der Waals surface area contributed by atoms with Gasteiger partial charge in [-0.05, 0) is 47.0 Å². The van der Waals surface area contributed by atoms with Gasteiger partial charge in [-0.3, -0.25) is 4.98 Å². The Hall–Kier alpha value is -1.82. The zero-order chi connectivity index (χ0) is 14.8. The number of hydrogen-bond acceptors (Lipinski definition) is 2. The fourth-order valence-corrected chi connectivity index (χ4v) is 3.15. The van der Waals surface area contributed by atoms with Crippen molar-refractivity contribution < 1.29 is 4.79 Å². The molecule has 1 N–H and O–H groups in total. The molecule has 0 bridgehead atoms. The SMILES string of the molecule is Cn1cccc1C1CCCN1C(=O)Nc1ccncc1Br. The third-order valence-electron chi connectivity index (χ3n) is 3.85. The van der Waals surface area contributed by atoms with E-state index in [0.29, 0.717) is 0 Å². The third-order valence-corrected chi connectivity index (χ3v) is 4.48. The fraction of sp³-hybridized carbons (Fsp3) is 0.333. The lowest BCUT2D eigenvalue weighted by atomic mass is 10.1. The van der Waals surface area contributed by atoms with Gasteiger partial charge in [0, 0.05) is 37.9 Å². The summed E-state index contributed by atoms with van der Waals surface area (Å²) in [5.74, 6) is 0. The minimum absolute atomic E-state index is 0.0643. The molecule has 110 valence electrons. The van der Waals surface area contributed by atoms with E-state index < -0.39 is 0 Å². The molecule has 0 aromatic carbocycles. The molecule has 1 aliphatic rings. The Labute approximate surface area is 132 Å². The molecule has 0 radical (unpaired) electrons. The number of pyridine rings is 1. The van der Waals surface area contributed by atoms with Crippen LogP contribution in [0.5, 0.6) is 0 Å². The summed E-state index contributed by atoms with van der Waals surface area (Å²) in [5, 5.41) is 2.95. The highest BCUT2D eigenvalue weighted by molar-refractivity contribution is 9.10. The van der Waals surface area contributed by atoms with Gasteiger partial charge in [0.25, 0.3) is 0 Å². The number of halogens is 1. The number of hydrogen-bond donors (Lipinski definition) is 1. The minimum Gasteiger partial charge on any atom is -0.353 e.